The van der Waals surface area contributed by atoms with Gasteiger partial charge in [-0.25, -0.2) is 9.67 Å². The molecule has 0 saturated carbocycles. The number of carbonyl (C=O) groups is 1. The number of hydrogen-bond donors (Lipinski definition) is 1. The third-order valence-electron chi connectivity index (χ3n) is 5.85. The Morgan fingerprint density at radius 2 is 1.97 bits per heavy atom. The summed E-state index contributed by atoms with van der Waals surface area (Å²) in [5, 5.41) is 5.61. The molecule has 0 bridgehead atoms. The number of rotatable bonds is 4. The number of amides is 1. The zero-order valence-corrected chi connectivity index (χ0v) is 17.7. The molecule has 1 aliphatic heterocycles. The number of benzene rings is 2. The van der Waals surface area contributed by atoms with Crippen molar-refractivity contribution in [2.24, 2.45) is 0 Å². The number of aryl methyl sites for hydroxylation is 2. The zero-order valence-electron chi connectivity index (χ0n) is 17.7. The second-order valence-electron chi connectivity index (χ2n) is 7.96. The van der Waals surface area contributed by atoms with E-state index in [1.807, 2.05) is 61.3 Å². The van der Waals surface area contributed by atoms with Crippen LogP contribution in [0.25, 0.3) is 16.6 Å². The first-order valence-corrected chi connectivity index (χ1v) is 10.5. The van der Waals surface area contributed by atoms with Crippen molar-refractivity contribution >= 4 is 16.8 Å². The molecule has 0 aliphatic carbocycles. The summed E-state index contributed by atoms with van der Waals surface area (Å²) in [6.07, 6.45) is 2.80. The lowest BCUT2D eigenvalue weighted by atomic mass is 10.0. The topological polar surface area (TPSA) is 76.0 Å². The van der Waals surface area contributed by atoms with Crippen LogP contribution in [-0.2, 0) is 11.2 Å². The smallest absolute Gasteiger partial charge is 0.254 e. The van der Waals surface area contributed by atoms with E-state index in [-0.39, 0.29) is 11.9 Å². The molecule has 2 aromatic heterocycles. The number of aromatic nitrogens is 4. The molecular weight excluding hydrogens is 390 g/mol. The van der Waals surface area contributed by atoms with Crippen LogP contribution in [0.2, 0.25) is 0 Å². The third-order valence-corrected chi connectivity index (χ3v) is 5.85. The van der Waals surface area contributed by atoms with Gasteiger partial charge in [-0.05, 0) is 56.2 Å². The lowest BCUT2D eigenvalue weighted by Crippen LogP contribution is -2.49. The van der Waals surface area contributed by atoms with Crippen molar-refractivity contribution in [2.45, 2.75) is 26.3 Å². The minimum Gasteiger partial charge on any atom is -0.377 e. The largest absolute Gasteiger partial charge is 0.377 e. The van der Waals surface area contributed by atoms with Crippen molar-refractivity contribution in [3.63, 3.8) is 0 Å². The van der Waals surface area contributed by atoms with Gasteiger partial charge < -0.3 is 14.6 Å². The van der Waals surface area contributed by atoms with Crippen LogP contribution in [-0.4, -0.2) is 56.4 Å². The fourth-order valence-electron chi connectivity index (χ4n) is 4.32. The molecular formula is C24H25N5O2. The van der Waals surface area contributed by atoms with Gasteiger partial charge in [-0.15, -0.1) is 0 Å². The first-order valence-electron chi connectivity index (χ1n) is 10.5. The maximum atomic E-state index is 13.3. The molecule has 158 valence electrons. The van der Waals surface area contributed by atoms with E-state index in [0.29, 0.717) is 25.3 Å². The van der Waals surface area contributed by atoms with Crippen LogP contribution in [0.4, 0.5) is 0 Å². The number of nitrogens with zero attached hydrogens (tertiary/aromatic N) is 4. The molecule has 1 atom stereocenters. The van der Waals surface area contributed by atoms with Crippen molar-refractivity contribution < 1.29 is 9.53 Å². The van der Waals surface area contributed by atoms with Gasteiger partial charge in [0.25, 0.3) is 5.91 Å². The van der Waals surface area contributed by atoms with Gasteiger partial charge in [0.15, 0.2) is 0 Å². The maximum Gasteiger partial charge on any atom is 0.254 e. The highest BCUT2D eigenvalue weighted by molar-refractivity contribution is 5.94. The van der Waals surface area contributed by atoms with Crippen LogP contribution in [0.1, 0.15) is 27.6 Å². The van der Waals surface area contributed by atoms with Gasteiger partial charge in [-0.2, -0.15) is 5.10 Å². The minimum absolute atomic E-state index is 0.000317. The lowest BCUT2D eigenvalue weighted by Gasteiger charge is -2.35. The molecule has 1 unspecified atom stereocenters. The normalized spacial score (nSPS) is 16.7. The summed E-state index contributed by atoms with van der Waals surface area (Å²) in [6.45, 7) is 5.48. The van der Waals surface area contributed by atoms with Gasteiger partial charge in [0.1, 0.15) is 11.6 Å². The molecule has 7 heteroatoms. The Labute approximate surface area is 180 Å². The number of ether oxygens (including phenoxy) is 1. The Balaban J connectivity index is 1.37. The van der Waals surface area contributed by atoms with Crippen molar-refractivity contribution in [1.29, 1.82) is 0 Å². The van der Waals surface area contributed by atoms with E-state index in [2.05, 4.69) is 27.2 Å². The van der Waals surface area contributed by atoms with E-state index in [0.717, 1.165) is 29.3 Å². The highest BCUT2D eigenvalue weighted by Gasteiger charge is 2.29. The van der Waals surface area contributed by atoms with E-state index in [9.17, 15) is 4.79 Å². The van der Waals surface area contributed by atoms with Crippen LogP contribution in [0.3, 0.4) is 0 Å². The summed E-state index contributed by atoms with van der Waals surface area (Å²) in [4.78, 5) is 23.0. The molecule has 2 aromatic carbocycles. The molecule has 1 aliphatic rings. The van der Waals surface area contributed by atoms with E-state index in [4.69, 9.17) is 4.74 Å². The molecule has 1 amide bonds. The highest BCUT2D eigenvalue weighted by atomic mass is 16.5. The quantitative estimate of drug-likeness (QED) is 0.554. The first kappa shape index (κ1) is 19.5. The molecule has 7 nitrogen and oxygen atoms in total. The average Bonchev–Trinajstić information content (AvgIpc) is 3.36. The van der Waals surface area contributed by atoms with Crippen LogP contribution in [0.5, 0.6) is 0 Å². The molecule has 3 heterocycles. The molecule has 0 spiro atoms. The Morgan fingerprint density at radius 3 is 2.74 bits per heavy atom. The van der Waals surface area contributed by atoms with Crippen LogP contribution in [0, 0.1) is 13.8 Å². The minimum atomic E-state index is 0.000317. The summed E-state index contributed by atoms with van der Waals surface area (Å²) < 4.78 is 7.52. The summed E-state index contributed by atoms with van der Waals surface area (Å²) in [7, 11) is 0. The summed E-state index contributed by atoms with van der Waals surface area (Å²) >= 11 is 0. The predicted octanol–water partition coefficient (Wildman–Crippen LogP) is 3.45. The van der Waals surface area contributed by atoms with Gasteiger partial charge >= 0.3 is 0 Å². The molecule has 0 radical (unpaired) electrons. The summed E-state index contributed by atoms with van der Waals surface area (Å²) in [5.41, 5.74) is 3.88. The van der Waals surface area contributed by atoms with Gasteiger partial charge in [0.05, 0.1) is 24.9 Å². The molecule has 5 rings (SSSR count). The standard InChI is InChI=1S/C24H25N5O2/c1-16-26-17(2)29(27-16)20-9-7-18(8-10-20)24(30)28-11-12-31-15-21(28)13-19-14-25-23-6-4-3-5-22(19)23/h3-10,14,21,25H,11-13,15H2,1-2H3. The zero-order chi connectivity index (χ0) is 21.4. The van der Waals surface area contributed by atoms with Gasteiger partial charge in [-0.3, -0.25) is 4.79 Å². The number of H-pyrrole nitrogens is 1. The number of hydrogen-bond acceptors (Lipinski definition) is 4. The molecule has 1 N–H and O–H groups in total. The summed E-state index contributed by atoms with van der Waals surface area (Å²) in [5.74, 6) is 1.58. The van der Waals surface area contributed by atoms with Gasteiger partial charge in [-0.1, -0.05) is 18.2 Å². The number of aromatic amines is 1. The van der Waals surface area contributed by atoms with Crippen molar-refractivity contribution in [1.82, 2.24) is 24.6 Å². The van der Waals surface area contributed by atoms with E-state index < -0.39 is 0 Å². The number of fused-ring (bicyclic) bond motifs is 1. The molecule has 4 aromatic rings. The van der Waals surface area contributed by atoms with Gasteiger partial charge in [0, 0.05) is 29.2 Å². The van der Waals surface area contributed by atoms with Crippen LogP contribution in [0.15, 0.2) is 54.7 Å². The predicted molar refractivity (Wildman–Crippen MR) is 118 cm³/mol. The number of para-hydroxylation sites is 1. The van der Waals surface area contributed by atoms with E-state index in [1.54, 1.807) is 4.68 Å². The Morgan fingerprint density at radius 1 is 1.16 bits per heavy atom. The maximum absolute atomic E-state index is 13.3. The SMILES string of the molecule is Cc1nc(C)n(-c2ccc(C(=O)N3CCOCC3Cc3c[nH]c4ccccc34)cc2)n1. The Bertz CT molecular complexity index is 1220. The number of carbonyl (C=O) groups excluding carboxylic acids is 1. The Hall–Kier alpha value is -3.45. The van der Waals surface area contributed by atoms with Gasteiger partial charge in [0.2, 0.25) is 0 Å². The second kappa shape index (κ2) is 8.00. The Kier molecular flexibility index (Phi) is 5.03. The van der Waals surface area contributed by atoms with Crippen LogP contribution >= 0.6 is 0 Å². The number of nitrogens with one attached hydrogen (secondary N) is 1. The van der Waals surface area contributed by atoms with Crippen molar-refractivity contribution in [2.75, 3.05) is 19.8 Å². The van der Waals surface area contributed by atoms with E-state index in [1.165, 1.54) is 10.9 Å². The van der Waals surface area contributed by atoms with Crippen molar-refractivity contribution in [3.8, 4) is 5.69 Å². The average molecular weight is 415 g/mol. The molecule has 1 fully saturated rings. The van der Waals surface area contributed by atoms with Crippen molar-refractivity contribution in [3.05, 3.63) is 77.5 Å². The monoisotopic (exact) mass is 415 g/mol. The third kappa shape index (κ3) is 3.72. The van der Waals surface area contributed by atoms with Crippen LogP contribution < -0.4 is 0 Å². The lowest BCUT2D eigenvalue weighted by molar-refractivity contribution is -0.00155. The molecule has 1 saturated heterocycles. The summed E-state index contributed by atoms with van der Waals surface area (Å²) in [6, 6.07) is 15.8. The number of morpholine rings is 1. The second-order valence-corrected chi connectivity index (χ2v) is 7.96. The first-order chi connectivity index (χ1) is 15.1. The highest BCUT2D eigenvalue weighted by Crippen LogP contribution is 2.23. The molecule has 31 heavy (non-hydrogen) atoms. The fraction of sp³-hybridized carbons (Fsp3) is 0.292. The van der Waals surface area contributed by atoms with E-state index >= 15 is 0 Å². The fourth-order valence-corrected chi connectivity index (χ4v) is 4.32.